The Morgan fingerprint density at radius 2 is 2.23 bits per heavy atom. The highest BCUT2D eigenvalue weighted by atomic mass is 32.2. The minimum Gasteiger partial charge on any atom is -0.395 e. The van der Waals surface area contributed by atoms with E-state index in [1.165, 1.54) is 0 Å². The highest BCUT2D eigenvalue weighted by Gasteiger charge is 1.99. The molecule has 0 saturated carbocycles. The van der Waals surface area contributed by atoms with Gasteiger partial charge in [-0.05, 0) is 25.5 Å². The van der Waals surface area contributed by atoms with Crippen molar-refractivity contribution in [1.82, 2.24) is 0 Å². The van der Waals surface area contributed by atoms with Gasteiger partial charge in [0.2, 0.25) is 0 Å². The van der Waals surface area contributed by atoms with Crippen LogP contribution in [-0.2, 0) is 4.79 Å². The van der Waals surface area contributed by atoms with Crippen molar-refractivity contribution in [3.8, 4) is 0 Å². The maximum Gasteiger partial charge on any atom is 0.139 e. The SMILES string of the molecule is CC(=O)CSCCCCC(N)CO. The topological polar surface area (TPSA) is 63.3 Å². The van der Waals surface area contributed by atoms with Crippen LogP contribution in [0.5, 0.6) is 0 Å². The Morgan fingerprint density at radius 1 is 1.54 bits per heavy atom. The molecule has 0 rings (SSSR count). The number of nitrogens with two attached hydrogens (primary N) is 1. The van der Waals surface area contributed by atoms with Crippen LogP contribution < -0.4 is 5.73 Å². The van der Waals surface area contributed by atoms with Crippen LogP contribution in [0.25, 0.3) is 0 Å². The summed E-state index contributed by atoms with van der Waals surface area (Å²) in [6, 6.07) is -0.0715. The largest absolute Gasteiger partial charge is 0.395 e. The Hall–Kier alpha value is -0.0600. The summed E-state index contributed by atoms with van der Waals surface area (Å²) in [5.41, 5.74) is 5.53. The predicted molar refractivity (Wildman–Crippen MR) is 56.9 cm³/mol. The molecule has 1 unspecified atom stereocenters. The monoisotopic (exact) mass is 205 g/mol. The summed E-state index contributed by atoms with van der Waals surface area (Å²) < 4.78 is 0. The second-order valence-electron chi connectivity index (χ2n) is 3.19. The number of rotatable bonds is 8. The number of Topliss-reactive ketones (excluding diaryl/α,β-unsaturated/α-hetero) is 1. The quantitative estimate of drug-likeness (QED) is 0.575. The molecule has 0 radical (unpaired) electrons. The first kappa shape index (κ1) is 12.9. The lowest BCUT2D eigenvalue weighted by Gasteiger charge is -2.06. The van der Waals surface area contributed by atoms with Crippen LogP contribution in [0.2, 0.25) is 0 Å². The van der Waals surface area contributed by atoms with Crippen molar-refractivity contribution >= 4 is 17.5 Å². The van der Waals surface area contributed by atoms with Crippen LogP contribution in [0.1, 0.15) is 26.2 Å². The van der Waals surface area contributed by atoms with Crippen LogP contribution in [0.3, 0.4) is 0 Å². The number of ketones is 1. The third-order valence-electron chi connectivity index (χ3n) is 1.65. The number of carbonyl (C=O) groups is 1. The van der Waals surface area contributed by atoms with Crippen molar-refractivity contribution in [2.24, 2.45) is 5.73 Å². The van der Waals surface area contributed by atoms with E-state index in [2.05, 4.69) is 0 Å². The number of thioether (sulfide) groups is 1. The molecule has 78 valence electrons. The fraction of sp³-hybridized carbons (Fsp3) is 0.889. The van der Waals surface area contributed by atoms with E-state index < -0.39 is 0 Å². The van der Waals surface area contributed by atoms with E-state index in [0.717, 1.165) is 25.0 Å². The van der Waals surface area contributed by atoms with Gasteiger partial charge in [-0.1, -0.05) is 6.42 Å². The lowest BCUT2D eigenvalue weighted by molar-refractivity contribution is -0.114. The number of aliphatic hydroxyl groups is 1. The minimum atomic E-state index is -0.0715. The molecule has 0 fully saturated rings. The average molecular weight is 205 g/mol. The first-order valence-electron chi connectivity index (χ1n) is 4.60. The molecule has 0 aliphatic rings. The van der Waals surface area contributed by atoms with Gasteiger partial charge in [0.15, 0.2) is 0 Å². The van der Waals surface area contributed by atoms with Gasteiger partial charge in [-0.25, -0.2) is 0 Å². The van der Waals surface area contributed by atoms with E-state index in [9.17, 15) is 4.79 Å². The van der Waals surface area contributed by atoms with Crippen LogP contribution in [0.15, 0.2) is 0 Å². The molecule has 4 heteroatoms. The first-order valence-corrected chi connectivity index (χ1v) is 5.76. The summed E-state index contributed by atoms with van der Waals surface area (Å²) >= 11 is 1.67. The maximum atomic E-state index is 10.6. The minimum absolute atomic E-state index is 0.0700. The van der Waals surface area contributed by atoms with Crippen molar-refractivity contribution < 1.29 is 9.90 Å². The Kier molecular flexibility index (Phi) is 8.49. The fourth-order valence-electron chi connectivity index (χ4n) is 0.918. The summed E-state index contributed by atoms with van der Waals surface area (Å²) in [6.07, 6.45) is 2.98. The molecule has 1 atom stereocenters. The number of hydrogen-bond acceptors (Lipinski definition) is 4. The van der Waals surface area contributed by atoms with Gasteiger partial charge in [-0.2, -0.15) is 11.8 Å². The van der Waals surface area contributed by atoms with Crippen LogP contribution in [0.4, 0.5) is 0 Å². The first-order chi connectivity index (χ1) is 6.16. The smallest absolute Gasteiger partial charge is 0.139 e. The molecule has 0 spiro atoms. The lowest BCUT2D eigenvalue weighted by atomic mass is 10.1. The van der Waals surface area contributed by atoms with Crippen molar-refractivity contribution in [2.75, 3.05) is 18.1 Å². The Morgan fingerprint density at radius 3 is 2.77 bits per heavy atom. The van der Waals surface area contributed by atoms with E-state index in [1.54, 1.807) is 18.7 Å². The van der Waals surface area contributed by atoms with E-state index >= 15 is 0 Å². The summed E-state index contributed by atoms with van der Waals surface area (Å²) in [7, 11) is 0. The zero-order valence-corrected chi connectivity index (χ0v) is 8.98. The van der Waals surface area contributed by atoms with E-state index in [4.69, 9.17) is 10.8 Å². The number of carbonyl (C=O) groups excluding carboxylic acids is 1. The molecule has 0 saturated heterocycles. The molecule has 0 aromatic heterocycles. The fourth-order valence-corrected chi connectivity index (χ4v) is 1.76. The van der Waals surface area contributed by atoms with Gasteiger partial charge in [0, 0.05) is 6.04 Å². The third-order valence-corrected chi connectivity index (χ3v) is 2.84. The van der Waals surface area contributed by atoms with Gasteiger partial charge in [0.1, 0.15) is 5.78 Å². The van der Waals surface area contributed by atoms with Gasteiger partial charge in [-0.15, -0.1) is 0 Å². The summed E-state index contributed by atoms with van der Waals surface area (Å²) in [4.78, 5) is 10.6. The van der Waals surface area contributed by atoms with Gasteiger partial charge in [0.05, 0.1) is 12.4 Å². The predicted octanol–water partition coefficient (Wildman–Crippen LogP) is 0.798. The molecular formula is C9H19NO2S. The number of aliphatic hydroxyl groups excluding tert-OH is 1. The molecule has 0 bridgehead atoms. The second-order valence-corrected chi connectivity index (χ2v) is 4.30. The van der Waals surface area contributed by atoms with E-state index in [-0.39, 0.29) is 18.4 Å². The Balaban J connectivity index is 3.04. The number of hydrogen-bond donors (Lipinski definition) is 2. The van der Waals surface area contributed by atoms with E-state index in [1.807, 2.05) is 0 Å². The molecule has 0 aromatic rings. The Bertz CT molecular complexity index is 142. The van der Waals surface area contributed by atoms with Crippen molar-refractivity contribution in [2.45, 2.75) is 32.2 Å². The van der Waals surface area contributed by atoms with Crippen LogP contribution in [-0.4, -0.2) is 35.0 Å². The zero-order valence-electron chi connectivity index (χ0n) is 8.16. The molecule has 0 heterocycles. The molecular weight excluding hydrogens is 186 g/mol. The zero-order chi connectivity index (χ0) is 10.1. The molecule has 13 heavy (non-hydrogen) atoms. The molecule has 3 nitrogen and oxygen atoms in total. The third kappa shape index (κ3) is 9.86. The molecule has 0 aliphatic heterocycles. The maximum absolute atomic E-state index is 10.6. The van der Waals surface area contributed by atoms with E-state index in [0.29, 0.717) is 5.75 Å². The van der Waals surface area contributed by atoms with Crippen molar-refractivity contribution in [3.63, 3.8) is 0 Å². The summed E-state index contributed by atoms with van der Waals surface area (Å²) in [5.74, 6) is 1.86. The van der Waals surface area contributed by atoms with Gasteiger partial charge < -0.3 is 10.8 Å². The lowest BCUT2D eigenvalue weighted by Crippen LogP contribution is -2.23. The normalized spacial score (nSPS) is 12.8. The van der Waals surface area contributed by atoms with Crippen molar-refractivity contribution in [3.05, 3.63) is 0 Å². The highest BCUT2D eigenvalue weighted by Crippen LogP contribution is 2.07. The van der Waals surface area contributed by atoms with Gasteiger partial charge in [0.25, 0.3) is 0 Å². The van der Waals surface area contributed by atoms with Crippen LogP contribution in [0, 0.1) is 0 Å². The van der Waals surface area contributed by atoms with Crippen LogP contribution >= 0.6 is 11.8 Å². The van der Waals surface area contributed by atoms with Gasteiger partial charge in [-0.3, -0.25) is 4.79 Å². The molecule has 3 N–H and O–H groups in total. The molecule has 0 aliphatic carbocycles. The molecule has 0 amide bonds. The Labute approximate surface area is 84.1 Å². The molecule has 0 aromatic carbocycles. The van der Waals surface area contributed by atoms with Crippen molar-refractivity contribution in [1.29, 1.82) is 0 Å². The highest BCUT2D eigenvalue weighted by molar-refractivity contribution is 7.99. The standard InChI is InChI=1S/C9H19NO2S/c1-8(12)7-13-5-3-2-4-9(10)6-11/h9,11H,2-7,10H2,1H3. The number of unbranched alkanes of at least 4 members (excludes halogenated alkanes) is 1. The summed E-state index contributed by atoms with van der Waals surface area (Å²) in [5, 5.41) is 8.64. The van der Waals surface area contributed by atoms with Gasteiger partial charge >= 0.3 is 0 Å². The average Bonchev–Trinajstić information content (AvgIpc) is 2.10. The summed E-state index contributed by atoms with van der Waals surface area (Å²) in [6.45, 7) is 1.68. The second kappa shape index (κ2) is 8.53.